The molecule has 2 heterocycles. The van der Waals surface area contributed by atoms with E-state index in [0.717, 1.165) is 19.3 Å². The number of aryl methyl sites for hydroxylation is 1. The van der Waals surface area contributed by atoms with Crippen LogP contribution in [0.5, 0.6) is 0 Å². The molecule has 1 saturated heterocycles. The fourth-order valence-corrected chi connectivity index (χ4v) is 5.52. The molecule has 0 spiro atoms. The molecule has 2 aliphatic rings. The van der Waals surface area contributed by atoms with Crippen molar-refractivity contribution in [3.63, 3.8) is 0 Å². The molecular weight excluding hydrogens is 260 g/mol. The predicted octanol–water partition coefficient (Wildman–Crippen LogP) is 1.13. The summed E-state index contributed by atoms with van der Waals surface area (Å²) < 4.78 is 23.4. The summed E-state index contributed by atoms with van der Waals surface area (Å²) in [7, 11) is -0.877. The minimum absolute atomic E-state index is 0.230. The molecule has 0 radical (unpaired) electrons. The van der Waals surface area contributed by atoms with Gasteiger partial charge in [-0.1, -0.05) is 6.07 Å². The Morgan fingerprint density at radius 2 is 2.26 bits per heavy atom. The summed E-state index contributed by atoms with van der Waals surface area (Å²) in [6.07, 6.45) is 4.77. The highest BCUT2D eigenvalue weighted by Crippen LogP contribution is 2.38. The van der Waals surface area contributed by atoms with Crippen LogP contribution >= 0.6 is 0 Å². The minimum Gasteiger partial charge on any atom is -0.316 e. The fourth-order valence-electron chi connectivity index (χ4n) is 3.67. The Morgan fingerprint density at radius 1 is 1.42 bits per heavy atom. The van der Waals surface area contributed by atoms with E-state index >= 15 is 0 Å². The summed E-state index contributed by atoms with van der Waals surface area (Å²) in [5, 5.41) is 3.36. The van der Waals surface area contributed by atoms with Gasteiger partial charge in [-0.2, -0.15) is 0 Å². The molecule has 5 heteroatoms. The zero-order chi connectivity index (χ0) is 13.5. The molecule has 0 saturated carbocycles. The van der Waals surface area contributed by atoms with Crippen molar-refractivity contribution in [3.05, 3.63) is 29.6 Å². The fraction of sp³-hybridized carbons (Fsp3) is 0.643. The van der Waals surface area contributed by atoms with Crippen molar-refractivity contribution >= 4 is 9.84 Å². The van der Waals surface area contributed by atoms with Crippen LogP contribution < -0.4 is 5.32 Å². The average Bonchev–Trinajstić information content (AvgIpc) is 2.95. The highest BCUT2D eigenvalue weighted by molar-refractivity contribution is 7.91. The Kier molecular flexibility index (Phi) is 3.35. The zero-order valence-corrected chi connectivity index (χ0v) is 12.0. The largest absolute Gasteiger partial charge is 0.316 e. The Hall–Kier alpha value is -0.940. The van der Waals surface area contributed by atoms with Gasteiger partial charge in [-0.05, 0) is 43.9 Å². The third-order valence-corrected chi connectivity index (χ3v) is 6.34. The van der Waals surface area contributed by atoms with E-state index in [1.165, 1.54) is 11.3 Å². The second kappa shape index (κ2) is 4.87. The lowest BCUT2D eigenvalue weighted by Gasteiger charge is -2.28. The quantitative estimate of drug-likeness (QED) is 0.902. The number of nitrogens with zero attached hydrogens (tertiary/aromatic N) is 1. The summed E-state index contributed by atoms with van der Waals surface area (Å²) in [6.45, 7) is 0. The molecule has 1 aromatic rings. The predicted molar refractivity (Wildman–Crippen MR) is 74.9 cm³/mol. The summed E-state index contributed by atoms with van der Waals surface area (Å²) >= 11 is 0. The van der Waals surface area contributed by atoms with Crippen LogP contribution in [-0.4, -0.2) is 38.0 Å². The van der Waals surface area contributed by atoms with E-state index in [9.17, 15) is 8.42 Å². The third-order valence-electron chi connectivity index (χ3n) is 4.54. The van der Waals surface area contributed by atoms with E-state index in [2.05, 4.69) is 16.4 Å². The first-order valence-electron chi connectivity index (χ1n) is 6.92. The van der Waals surface area contributed by atoms with Crippen LogP contribution in [-0.2, 0) is 16.3 Å². The van der Waals surface area contributed by atoms with Gasteiger partial charge in [0.05, 0.1) is 11.5 Å². The second-order valence-corrected chi connectivity index (χ2v) is 7.90. The van der Waals surface area contributed by atoms with E-state index < -0.39 is 9.84 Å². The molecule has 1 fully saturated rings. The van der Waals surface area contributed by atoms with Gasteiger partial charge in [0.15, 0.2) is 9.84 Å². The first-order valence-corrected chi connectivity index (χ1v) is 8.74. The minimum atomic E-state index is -2.82. The van der Waals surface area contributed by atoms with Crippen LogP contribution in [0.4, 0.5) is 0 Å². The number of pyridine rings is 1. The number of rotatable bonds is 3. The van der Waals surface area contributed by atoms with E-state index in [-0.39, 0.29) is 12.0 Å². The molecule has 104 valence electrons. The second-order valence-electron chi connectivity index (χ2n) is 5.67. The van der Waals surface area contributed by atoms with Crippen molar-refractivity contribution in [1.82, 2.24) is 10.3 Å². The molecule has 1 aliphatic carbocycles. The van der Waals surface area contributed by atoms with Gasteiger partial charge >= 0.3 is 0 Å². The van der Waals surface area contributed by atoms with Crippen LogP contribution in [0.15, 0.2) is 18.3 Å². The van der Waals surface area contributed by atoms with Gasteiger partial charge in [-0.3, -0.25) is 4.98 Å². The highest BCUT2D eigenvalue weighted by Gasteiger charge is 2.39. The summed E-state index contributed by atoms with van der Waals surface area (Å²) in [6, 6.07) is 4.35. The van der Waals surface area contributed by atoms with Gasteiger partial charge < -0.3 is 5.32 Å². The van der Waals surface area contributed by atoms with E-state index in [1.807, 2.05) is 19.3 Å². The molecule has 3 rings (SSSR count). The van der Waals surface area contributed by atoms with Crippen molar-refractivity contribution in [3.8, 4) is 0 Å². The van der Waals surface area contributed by atoms with Crippen LogP contribution in [0.3, 0.4) is 0 Å². The van der Waals surface area contributed by atoms with Crippen LogP contribution in [0, 0.1) is 5.92 Å². The number of fused-ring (bicyclic) bond motifs is 1. The summed E-state index contributed by atoms with van der Waals surface area (Å²) in [5.74, 6) is 1.27. The maximum Gasteiger partial charge on any atom is 0.150 e. The molecule has 4 nitrogen and oxygen atoms in total. The number of aromatic nitrogens is 1. The van der Waals surface area contributed by atoms with Gasteiger partial charge in [0, 0.05) is 23.9 Å². The van der Waals surface area contributed by atoms with Gasteiger partial charge in [0.25, 0.3) is 0 Å². The van der Waals surface area contributed by atoms with Crippen molar-refractivity contribution in [2.45, 2.75) is 31.2 Å². The molecule has 1 aliphatic heterocycles. The normalized spacial score (nSPS) is 30.2. The van der Waals surface area contributed by atoms with Gasteiger partial charge in [-0.15, -0.1) is 0 Å². The van der Waals surface area contributed by atoms with Crippen molar-refractivity contribution < 1.29 is 8.42 Å². The number of hydrogen-bond donors (Lipinski definition) is 1. The molecule has 1 N–H and O–H groups in total. The summed E-state index contributed by atoms with van der Waals surface area (Å²) in [4.78, 5) is 4.53. The number of hydrogen-bond acceptors (Lipinski definition) is 4. The summed E-state index contributed by atoms with van der Waals surface area (Å²) in [5.41, 5.74) is 2.50. The molecule has 1 aromatic heterocycles. The maximum absolute atomic E-state index is 11.7. The first-order chi connectivity index (χ1) is 9.11. The Labute approximate surface area is 114 Å². The Bertz CT molecular complexity index is 571. The molecular formula is C14H20N2O2S. The molecule has 3 atom stereocenters. The number of sulfone groups is 1. The zero-order valence-electron chi connectivity index (χ0n) is 11.2. The smallest absolute Gasteiger partial charge is 0.150 e. The van der Waals surface area contributed by atoms with E-state index in [4.69, 9.17) is 0 Å². The standard InChI is InChI=1S/C14H20N2O2S/c1-15-13(11-6-8-19(17,18)9-11)12-5-4-10-3-2-7-16-14(10)12/h2-3,7,11-13,15H,4-6,8-9H2,1H3. The van der Waals surface area contributed by atoms with Crippen molar-refractivity contribution in [1.29, 1.82) is 0 Å². The van der Waals surface area contributed by atoms with Crippen molar-refractivity contribution in [2.75, 3.05) is 18.6 Å². The van der Waals surface area contributed by atoms with E-state index in [1.54, 1.807) is 0 Å². The average molecular weight is 280 g/mol. The topological polar surface area (TPSA) is 59.1 Å². The molecule has 0 amide bonds. The molecule has 3 unspecified atom stereocenters. The first kappa shape index (κ1) is 13.1. The van der Waals surface area contributed by atoms with Crippen LogP contribution in [0.1, 0.15) is 30.0 Å². The van der Waals surface area contributed by atoms with E-state index in [0.29, 0.717) is 17.4 Å². The van der Waals surface area contributed by atoms with Crippen molar-refractivity contribution in [2.24, 2.45) is 5.92 Å². The van der Waals surface area contributed by atoms with Crippen LogP contribution in [0.25, 0.3) is 0 Å². The number of nitrogens with one attached hydrogen (secondary N) is 1. The van der Waals surface area contributed by atoms with Crippen LogP contribution in [0.2, 0.25) is 0 Å². The highest BCUT2D eigenvalue weighted by atomic mass is 32.2. The lowest BCUT2D eigenvalue weighted by Crippen LogP contribution is -2.39. The number of likely N-dealkylation sites (N-methyl/N-ethyl adjacent to an activating group) is 1. The van der Waals surface area contributed by atoms with Gasteiger partial charge in [0.2, 0.25) is 0 Å². The lowest BCUT2D eigenvalue weighted by molar-refractivity contribution is 0.341. The lowest BCUT2D eigenvalue weighted by atomic mass is 9.86. The SMILES string of the molecule is CNC(C1CCS(=O)(=O)C1)C1CCc2cccnc21. The van der Waals surface area contributed by atoms with Gasteiger partial charge in [0.1, 0.15) is 0 Å². The molecule has 19 heavy (non-hydrogen) atoms. The van der Waals surface area contributed by atoms with Gasteiger partial charge in [-0.25, -0.2) is 8.42 Å². The molecule has 0 aromatic carbocycles. The Morgan fingerprint density at radius 3 is 2.95 bits per heavy atom. The third kappa shape index (κ3) is 2.41. The Balaban J connectivity index is 1.85. The maximum atomic E-state index is 11.7. The molecule has 0 bridgehead atoms. The monoisotopic (exact) mass is 280 g/mol.